The van der Waals surface area contributed by atoms with Crippen LogP contribution in [0.25, 0.3) is 0 Å². The third-order valence-electron chi connectivity index (χ3n) is 5.85. The number of nitrogens with one attached hydrogen (secondary N) is 2. The van der Waals surface area contributed by atoms with Crippen molar-refractivity contribution < 1.29 is 18.3 Å². The van der Waals surface area contributed by atoms with Crippen molar-refractivity contribution in [2.45, 2.75) is 37.5 Å². The molecule has 1 saturated carbocycles. The summed E-state index contributed by atoms with van der Waals surface area (Å²) in [7, 11) is 0. The number of ether oxygens (including phenoxy) is 1. The van der Waals surface area contributed by atoms with Gasteiger partial charge in [0.2, 0.25) is 18.1 Å². The number of nitriles is 1. The smallest absolute Gasteiger partial charge is 0.387 e. The number of nitrogens with two attached hydrogens (primary N) is 1. The van der Waals surface area contributed by atoms with Gasteiger partial charge in [-0.3, -0.25) is 4.79 Å². The van der Waals surface area contributed by atoms with Gasteiger partial charge in [-0.2, -0.15) is 19.1 Å². The number of rotatable bonds is 6. The maximum Gasteiger partial charge on any atom is 0.387 e. The minimum Gasteiger partial charge on any atom is -0.435 e. The average molecular weight is 536 g/mol. The largest absolute Gasteiger partial charge is 0.435 e. The van der Waals surface area contributed by atoms with Crippen molar-refractivity contribution in [3.63, 3.8) is 0 Å². The van der Waals surface area contributed by atoms with Crippen LogP contribution in [-0.2, 0) is 4.79 Å². The van der Waals surface area contributed by atoms with E-state index in [1.54, 1.807) is 30.5 Å². The Hall–Kier alpha value is -3.46. The second-order valence-corrected chi connectivity index (χ2v) is 9.11. The van der Waals surface area contributed by atoms with E-state index in [-0.39, 0.29) is 24.2 Å². The first-order valence-electron chi connectivity index (χ1n) is 10.9. The van der Waals surface area contributed by atoms with E-state index in [2.05, 4.69) is 25.5 Å². The minimum atomic E-state index is -2.99. The van der Waals surface area contributed by atoms with Crippen LogP contribution in [0.4, 0.5) is 14.5 Å². The summed E-state index contributed by atoms with van der Waals surface area (Å²) in [6.45, 7) is -2.88. The summed E-state index contributed by atoms with van der Waals surface area (Å²) < 4.78 is 29.6. The van der Waals surface area contributed by atoms with Crippen molar-refractivity contribution in [3.05, 3.63) is 58.1 Å². The Morgan fingerprint density at radius 1 is 1.28 bits per heavy atom. The predicted molar refractivity (Wildman–Crippen MR) is 132 cm³/mol. The fraction of sp³-hybridized carbons (Fsp3) is 0.304. The number of anilines is 1. The van der Waals surface area contributed by atoms with E-state index < -0.39 is 18.2 Å². The van der Waals surface area contributed by atoms with Crippen molar-refractivity contribution in [1.29, 1.82) is 5.26 Å². The van der Waals surface area contributed by atoms with Gasteiger partial charge in [0.1, 0.15) is 5.75 Å². The number of benzene rings is 2. The monoisotopic (exact) mass is 535 g/mol. The van der Waals surface area contributed by atoms with Crippen molar-refractivity contribution in [3.8, 4) is 11.9 Å². The van der Waals surface area contributed by atoms with Crippen LogP contribution in [0.5, 0.6) is 5.75 Å². The molecule has 0 bridgehead atoms. The molecule has 1 fully saturated rings. The third kappa shape index (κ3) is 5.67. The molecule has 1 aliphatic heterocycles. The van der Waals surface area contributed by atoms with Crippen LogP contribution in [0, 0.1) is 11.5 Å². The zero-order valence-electron chi connectivity index (χ0n) is 18.7. The molecule has 36 heavy (non-hydrogen) atoms. The van der Waals surface area contributed by atoms with Crippen LogP contribution in [0.3, 0.4) is 0 Å². The molecule has 1 atom stereocenters. The molecule has 2 aliphatic rings. The Morgan fingerprint density at radius 2 is 2.06 bits per heavy atom. The molecule has 4 rings (SSSR count). The van der Waals surface area contributed by atoms with Gasteiger partial charge in [0.25, 0.3) is 0 Å². The standard InChI is InChI=1S/C23H21Cl2F2N7O2/c24-16-6-5-13(9-17(16)25)19-18(32-20(35)23(29)7-2-8-23)11-34(33-19)22(30-12-28)31-14-3-1-4-15(10-14)36-21(26)27/h1,3-6,9-10,18,21H,2,7-8,11,29H2,(H,30,31)(H,32,35). The average Bonchev–Trinajstić information content (AvgIpc) is 3.22. The van der Waals surface area contributed by atoms with Gasteiger partial charge in [0.15, 0.2) is 0 Å². The Labute approximate surface area is 215 Å². The minimum absolute atomic E-state index is 0.00659. The Bertz CT molecular complexity index is 1260. The van der Waals surface area contributed by atoms with Crippen molar-refractivity contribution in [1.82, 2.24) is 10.3 Å². The molecule has 1 aliphatic carbocycles. The fourth-order valence-electron chi connectivity index (χ4n) is 3.83. The summed E-state index contributed by atoms with van der Waals surface area (Å²) in [4.78, 5) is 16.7. The summed E-state index contributed by atoms with van der Waals surface area (Å²) >= 11 is 12.3. The molecule has 0 aromatic heterocycles. The number of alkyl halides is 2. The van der Waals surface area contributed by atoms with Crippen LogP contribution in [0.15, 0.2) is 52.6 Å². The van der Waals surface area contributed by atoms with E-state index in [0.29, 0.717) is 39.8 Å². The number of amides is 1. The molecular formula is C23H21Cl2F2N7O2. The quantitative estimate of drug-likeness (QED) is 0.292. The van der Waals surface area contributed by atoms with E-state index in [9.17, 15) is 18.8 Å². The zero-order chi connectivity index (χ0) is 25.9. The summed E-state index contributed by atoms with van der Waals surface area (Å²) in [6, 6.07) is 10.1. The van der Waals surface area contributed by atoms with Crippen molar-refractivity contribution in [2.24, 2.45) is 15.8 Å². The first-order valence-corrected chi connectivity index (χ1v) is 11.6. The number of guanidine groups is 1. The van der Waals surface area contributed by atoms with Gasteiger partial charge in [-0.25, -0.2) is 5.01 Å². The summed E-state index contributed by atoms with van der Waals surface area (Å²) in [5.74, 6) is -0.379. The molecule has 1 amide bonds. The first-order chi connectivity index (χ1) is 17.2. The van der Waals surface area contributed by atoms with Crippen LogP contribution in [-0.4, -0.2) is 47.3 Å². The number of halogens is 4. The van der Waals surface area contributed by atoms with Gasteiger partial charge in [-0.1, -0.05) is 35.3 Å². The lowest BCUT2D eigenvalue weighted by molar-refractivity contribution is -0.129. The Balaban J connectivity index is 1.63. The van der Waals surface area contributed by atoms with Gasteiger partial charge in [-0.05, 0) is 43.5 Å². The molecule has 2 aromatic rings. The topological polar surface area (TPSA) is 128 Å². The van der Waals surface area contributed by atoms with Crippen LogP contribution in [0.1, 0.15) is 24.8 Å². The van der Waals surface area contributed by atoms with Gasteiger partial charge < -0.3 is 21.1 Å². The number of aliphatic imine (C=N–C) groups is 1. The highest BCUT2D eigenvalue weighted by molar-refractivity contribution is 6.42. The third-order valence-corrected chi connectivity index (χ3v) is 6.59. The first kappa shape index (κ1) is 25.6. The molecule has 0 saturated heterocycles. The Morgan fingerprint density at radius 3 is 2.69 bits per heavy atom. The van der Waals surface area contributed by atoms with E-state index in [0.717, 1.165) is 6.42 Å². The molecule has 1 heterocycles. The molecular weight excluding hydrogens is 515 g/mol. The molecule has 13 heteroatoms. The number of hydrogen-bond acceptors (Lipinski definition) is 6. The van der Waals surface area contributed by atoms with Gasteiger partial charge >= 0.3 is 6.61 Å². The molecule has 188 valence electrons. The summed E-state index contributed by atoms with van der Waals surface area (Å²) in [5.41, 5.74) is 6.63. The van der Waals surface area contributed by atoms with E-state index in [4.69, 9.17) is 28.9 Å². The summed E-state index contributed by atoms with van der Waals surface area (Å²) in [6.07, 6.45) is 3.72. The van der Waals surface area contributed by atoms with Gasteiger partial charge in [-0.15, -0.1) is 4.99 Å². The molecule has 9 nitrogen and oxygen atoms in total. The highest BCUT2D eigenvalue weighted by atomic mass is 35.5. The van der Waals surface area contributed by atoms with Gasteiger partial charge in [0.05, 0.1) is 33.9 Å². The number of nitrogens with zero attached hydrogens (tertiary/aromatic N) is 4. The lowest BCUT2D eigenvalue weighted by atomic mass is 9.77. The molecule has 0 spiro atoms. The predicted octanol–water partition coefficient (Wildman–Crippen LogP) is 3.93. The molecule has 2 aromatic carbocycles. The van der Waals surface area contributed by atoms with Crippen molar-refractivity contribution in [2.75, 3.05) is 11.9 Å². The maximum absolute atomic E-state index is 12.9. The highest BCUT2D eigenvalue weighted by Crippen LogP contribution is 2.30. The highest BCUT2D eigenvalue weighted by Gasteiger charge is 2.42. The van der Waals surface area contributed by atoms with Gasteiger partial charge in [0, 0.05) is 17.3 Å². The fourth-order valence-corrected chi connectivity index (χ4v) is 4.12. The lowest BCUT2D eigenvalue weighted by Gasteiger charge is -2.37. The Kier molecular flexibility index (Phi) is 7.59. The van der Waals surface area contributed by atoms with Crippen molar-refractivity contribution >= 4 is 46.5 Å². The van der Waals surface area contributed by atoms with E-state index in [1.807, 2.05) is 0 Å². The molecule has 1 unspecified atom stereocenters. The number of hydrogen-bond donors (Lipinski definition) is 3. The molecule has 4 N–H and O–H groups in total. The van der Waals surface area contributed by atoms with Crippen LogP contribution in [0.2, 0.25) is 10.0 Å². The normalized spacial score (nSPS) is 18.8. The second-order valence-electron chi connectivity index (χ2n) is 8.30. The van der Waals surface area contributed by atoms with Crippen LogP contribution < -0.4 is 21.1 Å². The summed E-state index contributed by atoms with van der Waals surface area (Å²) in [5, 5.41) is 21.7. The second kappa shape index (κ2) is 10.7. The van der Waals surface area contributed by atoms with Crippen LogP contribution >= 0.6 is 23.2 Å². The molecule has 0 radical (unpaired) electrons. The van der Waals surface area contributed by atoms with E-state index >= 15 is 0 Å². The SMILES string of the molecule is N#CN=C(Nc1cccc(OC(F)F)c1)N1CC(NC(=O)C2(N)CCC2)C(c2ccc(Cl)c(Cl)c2)=N1. The lowest BCUT2D eigenvalue weighted by Crippen LogP contribution is -2.61. The zero-order valence-corrected chi connectivity index (χ0v) is 20.2. The maximum atomic E-state index is 12.9. The number of carbonyl (C=O) groups is 1. The number of carbonyl (C=O) groups excluding carboxylic acids is 1. The number of hydrazone groups is 1. The van der Waals surface area contributed by atoms with E-state index in [1.165, 1.54) is 23.2 Å².